The standard InChI is InChI=1S/C6H4ClN3.C5H9NO/c7-6-5-4(1-2-8-5)9-3-10-6;7-4-5-2-1-3-6-5/h1-3,8H;1-2,5-7H,3-4H2. The number of halogens is 1. The smallest absolute Gasteiger partial charge is 0.156 e. The maximum atomic E-state index is 8.45. The van der Waals surface area contributed by atoms with Crippen LogP contribution in [0.25, 0.3) is 11.0 Å². The summed E-state index contributed by atoms with van der Waals surface area (Å²) in [6, 6.07) is 2.07. The minimum Gasteiger partial charge on any atom is -0.394 e. The van der Waals surface area contributed by atoms with Crippen LogP contribution in [0, 0.1) is 0 Å². The zero-order valence-corrected chi connectivity index (χ0v) is 9.85. The normalized spacial score (nSPS) is 18.1. The molecule has 0 bridgehead atoms. The van der Waals surface area contributed by atoms with Gasteiger partial charge in [-0.2, -0.15) is 0 Å². The molecule has 90 valence electrons. The van der Waals surface area contributed by atoms with Crippen LogP contribution in [0.5, 0.6) is 0 Å². The Kier molecular flexibility index (Phi) is 4.08. The fraction of sp³-hybridized carbons (Fsp3) is 0.273. The van der Waals surface area contributed by atoms with Crippen LogP contribution in [0.3, 0.4) is 0 Å². The van der Waals surface area contributed by atoms with Crippen LogP contribution < -0.4 is 5.32 Å². The second-order valence-corrected chi connectivity index (χ2v) is 3.89. The summed E-state index contributed by atoms with van der Waals surface area (Å²) >= 11 is 5.72. The molecular weight excluding hydrogens is 240 g/mol. The molecule has 0 aliphatic carbocycles. The highest BCUT2D eigenvalue weighted by Gasteiger charge is 2.03. The summed E-state index contributed by atoms with van der Waals surface area (Å²) in [7, 11) is 0. The van der Waals surface area contributed by atoms with Gasteiger partial charge in [-0.05, 0) is 6.07 Å². The predicted octanol–water partition coefficient (Wildman–Crippen LogP) is 1.12. The zero-order valence-electron chi connectivity index (χ0n) is 9.10. The first kappa shape index (κ1) is 12.0. The molecule has 1 aliphatic rings. The van der Waals surface area contributed by atoms with Crippen LogP contribution in [0.1, 0.15) is 0 Å². The summed E-state index contributed by atoms with van der Waals surface area (Å²) in [6.45, 7) is 1.13. The average Bonchev–Trinajstić information content (AvgIpc) is 3.01. The van der Waals surface area contributed by atoms with E-state index < -0.39 is 0 Å². The molecule has 1 aliphatic heterocycles. The van der Waals surface area contributed by atoms with Crippen molar-refractivity contribution in [3.8, 4) is 0 Å². The van der Waals surface area contributed by atoms with Crippen LogP contribution in [-0.4, -0.2) is 39.3 Å². The van der Waals surface area contributed by atoms with Crippen LogP contribution >= 0.6 is 11.6 Å². The molecule has 6 heteroatoms. The minimum atomic E-state index is 0.219. The van der Waals surface area contributed by atoms with E-state index in [-0.39, 0.29) is 12.6 Å². The maximum Gasteiger partial charge on any atom is 0.156 e. The average molecular weight is 253 g/mol. The zero-order chi connectivity index (χ0) is 12.1. The van der Waals surface area contributed by atoms with Crippen LogP contribution in [0.2, 0.25) is 5.15 Å². The van der Waals surface area contributed by atoms with Crippen LogP contribution in [0.4, 0.5) is 0 Å². The largest absolute Gasteiger partial charge is 0.394 e. The number of nitrogens with zero attached hydrogens (tertiary/aromatic N) is 2. The highest BCUT2D eigenvalue weighted by molar-refractivity contribution is 6.33. The highest BCUT2D eigenvalue weighted by Crippen LogP contribution is 2.15. The van der Waals surface area contributed by atoms with Crippen molar-refractivity contribution in [3.63, 3.8) is 0 Å². The third kappa shape index (κ3) is 3.03. The molecule has 0 amide bonds. The number of nitrogens with one attached hydrogen (secondary N) is 2. The summed E-state index contributed by atoms with van der Waals surface area (Å²) in [5.41, 5.74) is 1.64. The lowest BCUT2D eigenvalue weighted by Gasteiger charge is -2.00. The first-order valence-corrected chi connectivity index (χ1v) is 5.63. The van der Waals surface area contributed by atoms with E-state index in [0.29, 0.717) is 5.15 Å². The molecule has 1 unspecified atom stereocenters. The molecule has 2 aromatic rings. The topological polar surface area (TPSA) is 73.8 Å². The first-order chi connectivity index (χ1) is 8.31. The lowest BCUT2D eigenvalue weighted by atomic mass is 10.3. The highest BCUT2D eigenvalue weighted by atomic mass is 35.5. The van der Waals surface area contributed by atoms with E-state index in [4.69, 9.17) is 16.7 Å². The number of aliphatic hydroxyl groups excluding tert-OH is 1. The molecule has 0 saturated heterocycles. The number of H-pyrrole nitrogens is 1. The monoisotopic (exact) mass is 252 g/mol. The summed E-state index contributed by atoms with van der Waals surface area (Å²) in [5, 5.41) is 12.0. The molecule has 1 atom stereocenters. The maximum absolute atomic E-state index is 8.45. The van der Waals surface area contributed by atoms with Gasteiger partial charge in [0.15, 0.2) is 5.15 Å². The summed E-state index contributed by atoms with van der Waals surface area (Å²) in [4.78, 5) is 10.7. The number of aromatic nitrogens is 3. The number of hydrogen-bond acceptors (Lipinski definition) is 4. The Balaban J connectivity index is 0.000000136. The predicted molar refractivity (Wildman–Crippen MR) is 66.9 cm³/mol. The second kappa shape index (κ2) is 5.77. The molecule has 5 nitrogen and oxygen atoms in total. The quantitative estimate of drug-likeness (QED) is 0.525. The third-order valence-electron chi connectivity index (χ3n) is 2.36. The van der Waals surface area contributed by atoms with Crippen molar-refractivity contribution in [1.82, 2.24) is 20.3 Å². The molecule has 17 heavy (non-hydrogen) atoms. The number of fused-ring (bicyclic) bond motifs is 1. The first-order valence-electron chi connectivity index (χ1n) is 5.25. The van der Waals surface area contributed by atoms with E-state index >= 15 is 0 Å². The van der Waals surface area contributed by atoms with Crippen molar-refractivity contribution in [2.75, 3.05) is 13.2 Å². The Labute approximate surface area is 104 Å². The Morgan fingerprint density at radius 2 is 2.35 bits per heavy atom. The molecule has 0 fully saturated rings. The Bertz CT molecular complexity index is 511. The minimum absolute atomic E-state index is 0.219. The van der Waals surface area contributed by atoms with Crippen molar-refractivity contribution >= 4 is 22.6 Å². The third-order valence-corrected chi connectivity index (χ3v) is 2.65. The summed E-state index contributed by atoms with van der Waals surface area (Å²) < 4.78 is 0. The lowest BCUT2D eigenvalue weighted by molar-refractivity contribution is 0.271. The van der Waals surface area contributed by atoms with Gasteiger partial charge in [0.1, 0.15) is 11.8 Å². The van der Waals surface area contributed by atoms with Crippen molar-refractivity contribution < 1.29 is 5.11 Å². The fourth-order valence-electron chi connectivity index (χ4n) is 1.49. The van der Waals surface area contributed by atoms with E-state index in [1.807, 2.05) is 18.2 Å². The molecule has 0 radical (unpaired) electrons. The van der Waals surface area contributed by atoms with Gasteiger partial charge < -0.3 is 15.4 Å². The lowest BCUT2D eigenvalue weighted by Crippen LogP contribution is -2.25. The number of hydrogen-bond donors (Lipinski definition) is 3. The molecule has 0 spiro atoms. The van der Waals surface area contributed by atoms with Gasteiger partial charge in [-0.3, -0.25) is 0 Å². The van der Waals surface area contributed by atoms with Crippen molar-refractivity contribution in [2.45, 2.75) is 6.04 Å². The number of aliphatic hydroxyl groups is 1. The molecule has 3 rings (SSSR count). The number of rotatable bonds is 1. The van der Waals surface area contributed by atoms with E-state index in [1.54, 1.807) is 6.20 Å². The van der Waals surface area contributed by atoms with E-state index in [1.165, 1.54) is 6.33 Å². The SMILES string of the molecule is Clc1ncnc2cc[nH]c12.OCC1C=CCN1. The van der Waals surface area contributed by atoms with Gasteiger partial charge in [0.05, 0.1) is 12.1 Å². The Morgan fingerprint density at radius 3 is 2.94 bits per heavy atom. The van der Waals surface area contributed by atoms with Gasteiger partial charge in [-0.25, -0.2) is 9.97 Å². The molecular formula is C11H13ClN4O. The van der Waals surface area contributed by atoms with Gasteiger partial charge in [0.25, 0.3) is 0 Å². The Morgan fingerprint density at radius 1 is 1.47 bits per heavy atom. The van der Waals surface area contributed by atoms with Crippen molar-refractivity contribution in [3.05, 3.63) is 35.9 Å². The molecule has 2 aromatic heterocycles. The van der Waals surface area contributed by atoms with Gasteiger partial charge in [0.2, 0.25) is 0 Å². The van der Waals surface area contributed by atoms with Crippen molar-refractivity contribution in [2.24, 2.45) is 0 Å². The number of aromatic amines is 1. The van der Waals surface area contributed by atoms with Crippen LogP contribution in [-0.2, 0) is 0 Å². The molecule has 3 heterocycles. The van der Waals surface area contributed by atoms with Gasteiger partial charge in [-0.1, -0.05) is 23.8 Å². The molecule has 3 N–H and O–H groups in total. The summed E-state index contributed by atoms with van der Waals surface area (Å²) in [6.07, 6.45) is 7.21. The second-order valence-electron chi connectivity index (χ2n) is 3.53. The van der Waals surface area contributed by atoms with Gasteiger partial charge in [0, 0.05) is 18.8 Å². The van der Waals surface area contributed by atoms with E-state index in [9.17, 15) is 0 Å². The fourth-order valence-corrected chi connectivity index (χ4v) is 1.68. The van der Waals surface area contributed by atoms with Gasteiger partial charge in [-0.15, -0.1) is 0 Å². The van der Waals surface area contributed by atoms with E-state index in [0.717, 1.165) is 17.6 Å². The van der Waals surface area contributed by atoms with Gasteiger partial charge >= 0.3 is 0 Å². The molecule has 0 saturated carbocycles. The summed E-state index contributed by atoms with van der Waals surface area (Å²) in [5.74, 6) is 0. The van der Waals surface area contributed by atoms with E-state index in [2.05, 4.69) is 20.3 Å². The molecule has 0 aromatic carbocycles. The van der Waals surface area contributed by atoms with Crippen LogP contribution in [0.15, 0.2) is 30.7 Å². The Hall–Kier alpha value is -1.43. The van der Waals surface area contributed by atoms with Crippen molar-refractivity contribution in [1.29, 1.82) is 0 Å².